The molecule has 120 valence electrons. The summed E-state index contributed by atoms with van der Waals surface area (Å²) in [5.41, 5.74) is -2.01. The number of hydrogen-bond acceptors (Lipinski definition) is 5. The average Bonchev–Trinajstić information content (AvgIpc) is 2.64. The average molecular weight is 334 g/mol. The molecule has 0 aliphatic carbocycles. The molecule has 21 heavy (non-hydrogen) atoms. The Morgan fingerprint density at radius 2 is 2.05 bits per heavy atom. The molecule has 0 fully saturated rings. The van der Waals surface area contributed by atoms with E-state index >= 15 is 0 Å². The highest BCUT2D eigenvalue weighted by atomic mass is 32.2. The van der Waals surface area contributed by atoms with E-state index in [1.165, 1.54) is 6.92 Å². The van der Waals surface area contributed by atoms with Crippen molar-refractivity contribution in [3.8, 4) is 5.88 Å². The first kappa shape index (κ1) is 17.5. The lowest BCUT2D eigenvalue weighted by atomic mass is 10.2. The number of hydrogen-bond donors (Lipinski definition) is 0. The molecule has 1 rings (SSSR count). The summed E-state index contributed by atoms with van der Waals surface area (Å²) in [6.07, 6.45) is -4.86. The number of nitrogens with zero attached hydrogens (tertiary/aromatic N) is 2. The highest BCUT2D eigenvalue weighted by Crippen LogP contribution is 2.38. The molecule has 0 N–H and O–H groups in total. The Balaban J connectivity index is 3.08. The zero-order valence-corrected chi connectivity index (χ0v) is 11.7. The Hall–Kier alpha value is -1.52. The van der Waals surface area contributed by atoms with Crippen LogP contribution in [0.4, 0.5) is 26.7 Å². The largest absolute Gasteiger partial charge is 0.458 e. The Morgan fingerprint density at radius 3 is 2.52 bits per heavy atom. The standard InChI is InChI=1S/C10H11F5N2O3S/c1-3-19-9(18)21-4-5-6(10(13,14)15)16-17(2)7(5)20-8(11)12/h8H,3-4H2,1-2H3. The maximum atomic E-state index is 12.8. The SMILES string of the molecule is CCOC(=O)SCc1c(C(F)(F)F)nn(C)c1OC(F)F. The lowest BCUT2D eigenvalue weighted by Gasteiger charge is -2.09. The summed E-state index contributed by atoms with van der Waals surface area (Å²) in [6, 6.07) is 0. The number of rotatable bonds is 5. The van der Waals surface area contributed by atoms with Crippen LogP contribution in [0.2, 0.25) is 0 Å². The number of carbonyl (C=O) groups is 1. The molecule has 0 aliphatic rings. The van der Waals surface area contributed by atoms with Crippen LogP contribution in [0.3, 0.4) is 0 Å². The Labute approximate surface area is 120 Å². The second-order valence-corrected chi connectivity index (χ2v) is 4.51. The van der Waals surface area contributed by atoms with Crippen molar-refractivity contribution in [1.82, 2.24) is 9.78 Å². The highest BCUT2D eigenvalue weighted by molar-refractivity contribution is 8.12. The lowest BCUT2D eigenvalue weighted by molar-refractivity contribution is -0.142. The predicted molar refractivity (Wildman–Crippen MR) is 63.2 cm³/mol. The van der Waals surface area contributed by atoms with Crippen LogP contribution in [0.1, 0.15) is 18.2 Å². The van der Waals surface area contributed by atoms with Gasteiger partial charge in [-0.15, -0.1) is 0 Å². The zero-order valence-electron chi connectivity index (χ0n) is 10.9. The van der Waals surface area contributed by atoms with Crippen molar-refractivity contribution >= 4 is 17.1 Å². The fourth-order valence-corrected chi connectivity index (χ4v) is 2.16. The normalized spacial score (nSPS) is 11.8. The first-order valence-electron chi connectivity index (χ1n) is 5.54. The van der Waals surface area contributed by atoms with E-state index in [1.54, 1.807) is 0 Å². The molecule has 11 heteroatoms. The number of aromatic nitrogens is 2. The van der Waals surface area contributed by atoms with Gasteiger partial charge in [0, 0.05) is 12.8 Å². The van der Waals surface area contributed by atoms with E-state index in [4.69, 9.17) is 0 Å². The molecule has 0 aliphatic heterocycles. The molecule has 0 aromatic carbocycles. The number of ether oxygens (including phenoxy) is 2. The fourth-order valence-electron chi connectivity index (χ4n) is 1.43. The van der Waals surface area contributed by atoms with E-state index in [9.17, 15) is 26.7 Å². The van der Waals surface area contributed by atoms with Crippen LogP contribution in [-0.2, 0) is 23.7 Å². The third-order valence-corrected chi connectivity index (χ3v) is 2.94. The van der Waals surface area contributed by atoms with Crippen molar-refractivity contribution in [2.24, 2.45) is 7.05 Å². The van der Waals surface area contributed by atoms with Crippen LogP contribution >= 0.6 is 11.8 Å². The number of alkyl halides is 5. The van der Waals surface area contributed by atoms with Gasteiger partial charge in [0.15, 0.2) is 5.69 Å². The van der Waals surface area contributed by atoms with Crippen molar-refractivity contribution < 1.29 is 36.2 Å². The van der Waals surface area contributed by atoms with Gasteiger partial charge in [0.2, 0.25) is 5.88 Å². The van der Waals surface area contributed by atoms with Gasteiger partial charge in [0.05, 0.1) is 12.2 Å². The molecule has 0 saturated carbocycles. The maximum Gasteiger partial charge on any atom is 0.435 e. The van der Waals surface area contributed by atoms with E-state index < -0.39 is 41.0 Å². The van der Waals surface area contributed by atoms with Crippen LogP contribution in [0, 0.1) is 0 Å². The van der Waals surface area contributed by atoms with Crippen LogP contribution in [0.25, 0.3) is 0 Å². The van der Waals surface area contributed by atoms with E-state index in [2.05, 4.69) is 14.6 Å². The minimum absolute atomic E-state index is 0.0470. The molecule has 0 atom stereocenters. The molecule has 0 spiro atoms. The summed E-state index contributed by atoms with van der Waals surface area (Å²) < 4.78 is 72.1. The molecule has 0 unspecified atom stereocenters. The minimum atomic E-state index is -4.86. The molecule has 1 aromatic rings. The highest BCUT2D eigenvalue weighted by Gasteiger charge is 2.40. The quantitative estimate of drug-likeness (QED) is 0.610. The first-order valence-corrected chi connectivity index (χ1v) is 6.52. The fraction of sp³-hybridized carbons (Fsp3) is 0.600. The van der Waals surface area contributed by atoms with E-state index in [0.29, 0.717) is 16.4 Å². The molecule has 0 bridgehead atoms. The van der Waals surface area contributed by atoms with Gasteiger partial charge in [-0.3, -0.25) is 0 Å². The minimum Gasteiger partial charge on any atom is -0.458 e. The van der Waals surface area contributed by atoms with Crippen LogP contribution in [-0.4, -0.2) is 28.3 Å². The maximum absolute atomic E-state index is 12.8. The molecule has 1 heterocycles. The van der Waals surface area contributed by atoms with Crippen LogP contribution in [0.5, 0.6) is 5.88 Å². The summed E-state index contributed by atoms with van der Waals surface area (Å²) in [7, 11) is 1.03. The number of carbonyl (C=O) groups excluding carboxylic acids is 1. The smallest absolute Gasteiger partial charge is 0.435 e. The second-order valence-electron chi connectivity index (χ2n) is 3.60. The summed E-state index contributed by atoms with van der Waals surface area (Å²) in [5.74, 6) is -1.29. The Kier molecular flexibility index (Phi) is 5.81. The van der Waals surface area contributed by atoms with Gasteiger partial charge in [0.25, 0.3) is 0 Å². The molecule has 0 radical (unpaired) electrons. The summed E-state index contributed by atoms with van der Waals surface area (Å²) in [6.45, 7) is -1.74. The summed E-state index contributed by atoms with van der Waals surface area (Å²) in [5, 5.41) is 2.30. The van der Waals surface area contributed by atoms with Crippen LogP contribution in [0.15, 0.2) is 0 Å². The van der Waals surface area contributed by atoms with Crippen molar-refractivity contribution in [2.75, 3.05) is 6.61 Å². The van der Waals surface area contributed by atoms with Gasteiger partial charge in [0.1, 0.15) is 0 Å². The van der Waals surface area contributed by atoms with Gasteiger partial charge < -0.3 is 9.47 Å². The van der Waals surface area contributed by atoms with Crippen molar-refractivity contribution in [3.63, 3.8) is 0 Å². The third-order valence-electron chi connectivity index (χ3n) is 2.15. The lowest BCUT2D eigenvalue weighted by Crippen LogP contribution is -2.10. The molecule has 5 nitrogen and oxygen atoms in total. The third kappa shape index (κ3) is 4.76. The van der Waals surface area contributed by atoms with Crippen molar-refractivity contribution in [2.45, 2.75) is 25.5 Å². The van der Waals surface area contributed by atoms with E-state index in [1.807, 2.05) is 0 Å². The summed E-state index contributed by atoms with van der Waals surface area (Å²) >= 11 is 0.400. The van der Waals surface area contributed by atoms with Crippen molar-refractivity contribution in [1.29, 1.82) is 0 Å². The topological polar surface area (TPSA) is 53.3 Å². The van der Waals surface area contributed by atoms with Gasteiger partial charge in [-0.05, 0) is 18.7 Å². The van der Waals surface area contributed by atoms with Gasteiger partial charge in [-0.2, -0.15) is 27.1 Å². The van der Waals surface area contributed by atoms with E-state index in [-0.39, 0.29) is 6.61 Å². The Morgan fingerprint density at radius 1 is 1.43 bits per heavy atom. The molecular formula is C10H11F5N2O3S. The number of halogens is 5. The second kappa shape index (κ2) is 6.96. The van der Waals surface area contributed by atoms with Gasteiger partial charge in [-0.25, -0.2) is 9.48 Å². The van der Waals surface area contributed by atoms with Crippen LogP contribution < -0.4 is 4.74 Å². The Bertz CT molecular complexity index is 504. The molecule has 1 aromatic heterocycles. The summed E-state index contributed by atoms with van der Waals surface area (Å²) in [4.78, 5) is 11.2. The first-order chi connectivity index (χ1) is 9.66. The monoisotopic (exact) mass is 334 g/mol. The van der Waals surface area contributed by atoms with Gasteiger partial charge in [-0.1, -0.05) is 0 Å². The molecule has 0 saturated heterocycles. The van der Waals surface area contributed by atoms with Gasteiger partial charge >= 0.3 is 18.1 Å². The van der Waals surface area contributed by atoms with E-state index in [0.717, 1.165) is 7.05 Å². The molecule has 0 amide bonds. The number of aryl methyl sites for hydroxylation is 1. The zero-order chi connectivity index (χ0) is 16.2. The van der Waals surface area contributed by atoms with Crippen molar-refractivity contribution in [3.05, 3.63) is 11.3 Å². The predicted octanol–water partition coefficient (Wildman–Crippen LogP) is 3.43. The number of thioether (sulfide) groups is 1. The molecular weight excluding hydrogens is 323 g/mol.